The Morgan fingerprint density at radius 2 is 1.95 bits per heavy atom. The van der Waals surface area contributed by atoms with Crippen molar-refractivity contribution in [2.45, 2.75) is 33.2 Å². The van der Waals surface area contributed by atoms with Gasteiger partial charge in [0.2, 0.25) is 0 Å². The van der Waals surface area contributed by atoms with Crippen LogP contribution in [0.2, 0.25) is 0 Å². The first-order valence-corrected chi connectivity index (χ1v) is 6.56. The average molecular weight is 261 g/mol. The molecule has 0 aliphatic carbocycles. The Bertz CT molecular complexity index is 498. The molecular weight excluding hydrogens is 242 g/mol. The molecule has 19 heavy (non-hydrogen) atoms. The molecule has 0 fully saturated rings. The van der Waals surface area contributed by atoms with Crippen molar-refractivity contribution in [3.05, 3.63) is 29.9 Å². The van der Waals surface area contributed by atoms with Crippen LogP contribution >= 0.6 is 0 Å². The lowest BCUT2D eigenvalue weighted by atomic mass is 10.4. The maximum atomic E-state index is 4.79. The van der Waals surface area contributed by atoms with E-state index in [1.165, 1.54) is 0 Å². The van der Waals surface area contributed by atoms with Gasteiger partial charge in [-0.05, 0) is 6.42 Å². The van der Waals surface area contributed by atoms with Crippen molar-refractivity contribution in [1.29, 1.82) is 0 Å². The molecule has 0 spiro atoms. The zero-order valence-corrected chi connectivity index (χ0v) is 11.3. The van der Waals surface area contributed by atoms with Gasteiger partial charge in [0.05, 0.1) is 6.54 Å². The number of hydrogen-bond donors (Lipinski definition) is 2. The molecule has 0 aromatic carbocycles. The summed E-state index contributed by atoms with van der Waals surface area (Å²) in [6.07, 6.45) is 3.43. The molecule has 0 aliphatic heterocycles. The smallest absolute Gasteiger partial charge is 0.132 e. The minimum absolute atomic E-state index is 0.587. The molecule has 102 valence electrons. The highest BCUT2D eigenvalue weighted by molar-refractivity contribution is 5.47. The highest BCUT2D eigenvalue weighted by Crippen LogP contribution is 2.13. The molecular formula is C13H19N5O. The monoisotopic (exact) mass is 261 g/mol. The highest BCUT2D eigenvalue weighted by Gasteiger charge is 2.04. The summed E-state index contributed by atoms with van der Waals surface area (Å²) < 4.78 is 4.79. The van der Waals surface area contributed by atoms with Crippen LogP contribution in [0.1, 0.15) is 31.8 Å². The number of aromatic nitrogens is 3. The van der Waals surface area contributed by atoms with Gasteiger partial charge in [-0.2, -0.15) is 0 Å². The van der Waals surface area contributed by atoms with Gasteiger partial charge >= 0.3 is 0 Å². The Balaban J connectivity index is 2.05. The van der Waals surface area contributed by atoms with E-state index >= 15 is 0 Å². The second-order valence-corrected chi connectivity index (χ2v) is 4.18. The Hall–Kier alpha value is -2.11. The van der Waals surface area contributed by atoms with Crippen molar-refractivity contribution >= 4 is 11.6 Å². The van der Waals surface area contributed by atoms with E-state index in [0.29, 0.717) is 6.54 Å². The zero-order valence-electron chi connectivity index (χ0n) is 11.3. The summed E-state index contributed by atoms with van der Waals surface area (Å²) in [5.41, 5.74) is 0.847. The third kappa shape index (κ3) is 3.94. The fourth-order valence-corrected chi connectivity index (χ4v) is 1.60. The molecule has 6 heteroatoms. The van der Waals surface area contributed by atoms with Crippen molar-refractivity contribution in [3.63, 3.8) is 0 Å². The molecule has 0 unspecified atom stereocenters. The van der Waals surface area contributed by atoms with Crippen molar-refractivity contribution in [2.75, 3.05) is 17.2 Å². The minimum Gasteiger partial charge on any atom is -0.370 e. The third-order valence-electron chi connectivity index (χ3n) is 2.59. The van der Waals surface area contributed by atoms with Crippen LogP contribution in [0.5, 0.6) is 0 Å². The largest absolute Gasteiger partial charge is 0.370 e. The first-order valence-electron chi connectivity index (χ1n) is 6.56. The molecule has 2 aromatic heterocycles. The summed E-state index contributed by atoms with van der Waals surface area (Å²) in [6, 6.07) is 3.74. The number of hydrogen-bond acceptors (Lipinski definition) is 6. The molecule has 0 radical (unpaired) electrons. The van der Waals surface area contributed by atoms with Crippen molar-refractivity contribution < 1.29 is 4.52 Å². The van der Waals surface area contributed by atoms with Crippen molar-refractivity contribution in [1.82, 2.24) is 15.1 Å². The van der Waals surface area contributed by atoms with Crippen molar-refractivity contribution in [2.24, 2.45) is 0 Å². The van der Waals surface area contributed by atoms with Gasteiger partial charge in [0.25, 0.3) is 0 Å². The van der Waals surface area contributed by atoms with Crippen LogP contribution < -0.4 is 10.6 Å². The minimum atomic E-state index is 0.587. The lowest BCUT2D eigenvalue weighted by Crippen LogP contribution is -2.08. The van der Waals surface area contributed by atoms with Crippen LogP contribution in [0.4, 0.5) is 11.6 Å². The van der Waals surface area contributed by atoms with E-state index in [-0.39, 0.29) is 0 Å². The van der Waals surface area contributed by atoms with E-state index < -0.39 is 0 Å². The lowest BCUT2D eigenvalue weighted by Gasteiger charge is -2.09. The number of rotatable bonds is 7. The van der Waals surface area contributed by atoms with Gasteiger partial charge in [-0.15, -0.1) is 0 Å². The van der Waals surface area contributed by atoms with Crippen molar-refractivity contribution in [3.8, 4) is 0 Å². The molecule has 2 rings (SSSR count). The summed E-state index contributed by atoms with van der Waals surface area (Å²) in [5, 5.41) is 10.4. The van der Waals surface area contributed by atoms with Gasteiger partial charge in [-0.1, -0.05) is 19.0 Å². The van der Waals surface area contributed by atoms with Crippen LogP contribution in [0.25, 0.3) is 0 Å². The van der Waals surface area contributed by atoms with Crippen LogP contribution in [0, 0.1) is 0 Å². The SMILES string of the molecule is CCCNc1cc(NCc2ccon2)nc(CC)n1. The number of nitrogens with one attached hydrogen (secondary N) is 2. The third-order valence-corrected chi connectivity index (χ3v) is 2.59. The molecule has 2 heterocycles. The Labute approximate surface area is 112 Å². The molecule has 0 saturated heterocycles. The van der Waals surface area contributed by atoms with E-state index in [1.54, 1.807) is 6.26 Å². The van der Waals surface area contributed by atoms with Gasteiger partial charge < -0.3 is 15.2 Å². The van der Waals surface area contributed by atoms with Gasteiger partial charge in [0, 0.05) is 25.1 Å². The first kappa shape index (κ1) is 13.3. The van der Waals surface area contributed by atoms with Crippen LogP contribution in [0.15, 0.2) is 22.9 Å². The molecule has 2 N–H and O–H groups in total. The fraction of sp³-hybridized carbons (Fsp3) is 0.462. The van der Waals surface area contributed by atoms with E-state index in [2.05, 4.69) is 32.7 Å². The summed E-state index contributed by atoms with van der Waals surface area (Å²) in [6.45, 7) is 5.66. The maximum Gasteiger partial charge on any atom is 0.132 e. The van der Waals surface area contributed by atoms with Crippen LogP contribution in [-0.4, -0.2) is 21.7 Å². The predicted molar refractivity (Wildman–Crippen MR) is 74.0 cm³/mol. The Morgan fingerprint density at radius 3 is 2.58 bits per heavy atom. The number of nitrogens with zero attached hydrogens (tertiary/aromatic N) is 3. The molecule has 0 saturated carbocycles. The number of anilines is 2. The highest BCUT2D eigenvalue weighted by atomic mass is 16.5. The second-order valence-electron chi connectivity index (χ2n) is 4.18. The molecule has 0 atom stereocenters. The Kier molecular flexibility index (Phi) is 4.72. The molecule has 0 amide bonds. The summed E-state index contributed by atoms with van der Waals surface area (Å²) in [4.78, 5) is 8.88. The topological polar surface area (TPSA) is 75.9 Å². The summed E-state index contributed by atoms with van der Waals surface area (Å²) in [5.74, 6) is 2.48. The lowest BCUT2D eigenvalue weighted by molar-refractivity contribution is 0.412. The number of aryl methyl sites for hydroxylation is 1. The second kappa shape index (κ2) is 6.72. The fourth-order valence-electron chi connectivity index (χ4n) is 1.60. The Morgan fingerprint density at radius 1 is 1.16 bits per heavy atom. The van der Waals surface area contributed by atoms with E-state index in [0.717, 1.165) is 42.5 Å². The van der Waals surface area contributed by atoms with Crippen LogP contribution in [-0.2, 0) is 13.0 Å². The van der Waals surface area contributed by atoms with E-state index in [1.807, 2.05) is 19.1 Å². The van der Waals surface area contributed by atoms with Gasteiger partial charge in [-0.25, -0.2) is 9.97 Å². The quantitative estimate of drug-likeness (QED) is 0.797. The van der Waals surface area contributed by atoms with E-state index in [4.69, 9.17) is 4.52 Å². The van der Waals surface area contributed by atoms with E-state index in [9.17, 15) is 0 Å². The maximum absolute atomic E-state index is 4.79. The van der Waals surface area contributed by atoms with Crippen LogP contribution in [0.3, 0.4) is 0 Å². The molecule has 2 aromatic rings. The average Bonchev–Trinajstić information content (AvgIpc) is 2.96. The predicted octanol–water partition coefficient (Wildman–Crippen LogP) is 2.46. The van der Waals surface area contributed by atoms with Gasteiger partial charge in [-0.3, -0.25) is 0 Å². The molecule has 0 aliphatic rings. The molecule has 6 nitrogen and oxygen atoms in total. The first-order chi connectivity index (χ1) is 9.31. The normalized spacial score (nSPS) is 10.4. The van der Waals surface area contributed by atoms with Gasteiger partial charge in [0.15, 0.2) is 0 Å². The summed E-state index contributed by atoms with van der Waals surface area (Å²) >= 11 is 0. The molecule has 0 bridgehead atoms. The van der Waals surface area contributed by atoms with Gasteiger partial charge in [0.1, 0.15) is 29.4 Å². The zero-order chi connectivity index (χ0) is 13.5. The summed E-state index contributed by atoms with van der Waals surface area (Å²) in [7, 11) is 0. The standard InChI is InChI=1S/C13H19N5O/c1-3-6-14-12-8-13(17-11(4-2)16-12)15-9-10-5-7-19-18-10/h5,7-8H,3-4,6,9H2,1-2H3,(H2,14,15,16,17).